The molecule has 14 nitrogen and oxygen atoms in total. The van der Waals surface area contributed by atoms with Crippen LogP contribution in [0.4, 0.5) is 35.9 Å². The van der Waals surface area contributed by atoms with E-state index in [1.54, 1.807) is 56.4 Å². The van der Waals surface area contributed by atoms with E-state index in [4.69, 9.17) is 54.1 Å². The summed E-state index contributed by atoms with van der Waals surface area (Å²) < 4.78 is 86.9. The summed E-state index contributed by atoms with van der Waals surface area (Å²) in [7, 11) is 2.93. The van der Waals surface area contributed by atoms with Crippen molar-refractivity contribution in [1.29, 1.82) is 0 Å². The molecule has 0 heterocycles. The Balaban J connectivity index is 0.000000388. The zero-order chi connectivity index (χ0) is 51.2. The lowest BCUT2D eigenvalue weighted by Crippen LogP contribution is -2.54. The number of hydrogen-bond acceptors (Lipinski definition) is 11. The van der Waals surface area contributed by atoms with Crippen LogP contribution in [0.25, 0.3) is 0 Å². The molecule has 2 unspecified atom stereocenters. The Labute approximate surface area is 397 Å². The van der Waals surface area contributed by atoms with Crippen LogP contribution in [0.2, 0.25) is 10.0 Å². The van der Waals surface area contributed by atoms with Crippen LogP contribution in [0.15, 0.2) is 48.5 Å². The lowest BCUT2D eigenvalue weighted by atomic mass is 9.74. The summed E-state index contributed by atoms with van der Waals surface area (Å²) in [6.45, 7) is 4.90. The van der Waals surface area contributed by atoms with Gasteiger partial charge >= 0.3 is 36.5 Å². The molecule has 0 spiro atoms. The number of rotatable bonds is 13. The normalized spacial score (nSPS) is 20.2. The number of amides is 2. The second-order valence-corrected chi connectivity index (χ2v) is 17.2. The highest BCUT2D eigenvalue weighted by atomic mass is 35.5. The number of hydrogen-bond donors (Lipinski definition) is 1. The third kappa shape index (κ3) is 15.5. The summed E-state index contributed by atoms with van der Waals surface area (Å²) in [4.78, 5) is 96.8. The largest absolute Gasteiger partial charge is 0.481 e. The van der Waals surface area contributed by atoms with Gasteiger partial charge in [0.1, 0.15) is 11.1 Å². The van der Waals surface area contributed by atoms with Gasteiger partial charge in [0, 0.05) is 67.9 Å². The van der Waals surface area contributed by atoms with E-state index in [0.717, 1.165) is 31.6 Å². The van der Waals surface area contributed by atoms with Gasteiger partial charge in [0.2, 0.25) is 17.9 Å². The van der Waals surface area contributed by atoms with Crippen LogP contribution in [0, 0.1) is 11.8 Å². The van der Waals surface area contributed by atoms with Gasteiger partial charge in [-0.05, 0) is 57.6 Å². The highest BCUT2D eigenvalue weighted by Gasteiger charge is 2.50. The Morgan fingerprint density at radius 3 is 1.36 bits per heavy atom. The van der Waals surface area contributed by atoms with Gasteiger partial charge in [-0.25, -0.2) is 9.59 Å². The number of alkyl halides is 7. The molecule has 2 aliphatic rings. The monoisotopic (exact) mass is 1020 g/mol. The molecule has 0 aromatic heterocycles. The summed E-state index contributed by atoms with van der Waals surface area (Å²) in [5.41, 5.74) is -2.14. The van der Waals surface area contributed by atoms with E-state index in [2.05, 4.69) is 0 Å². The molecular formula is C44H51Cl3F6N2O12. The SMILES string of the molecule is CC(Cl)OC(=O)N(C)[C@]1(c2ccccc2Cl)CCCCC1=O.CC(OC(=O)[C@H](C)CC(=O)C(F)(F)F)OC(=O)N(C)[C@]1(c2ccccc2Cl)CCCCC1=O.C[C@H](CC(=O)C(F)(F)F)C(=O)O. The molecule has 0 saturated heterocycles. The van der Waals surface area contributed by atoms with Crippen molar-refractivity contribution in [2.75, 3.05) is 14.1 Å². The molecule has 6 atom stereocenters. The third-order valence-corrected chi connectivity index (χ3v) is 11.6. The summed E-state index contributed by atoms with van der Waals surface area (Å²) in [6.07, 6.45) is -10.7. The fourth-order valence-corrected chi connectivity index (χ4v) is 7.93. The topological polar surface area (TPSA) is 191 Å². The first-order valence-corrected chi connectivity index (χ1v) is 21.9. The van der Waals surface area contributed by atoms with Crippen LogP contribution in [-0.4, -0.2) is 100 Å². The van der Waals surface area contributed by atoms with Gasteiger partial charge in [-0.3, -0.25) is 38.6 Å². The maximum Gasteiger partial charge on any atom is 0.449 e. The van der Waals surface area contributed by atoms with Crippen LogP contribution in [0.1, 0.15) is 103 Å². The standard InChI is InChI=1S/C22H25ClF3NO6.C16H19Cl2NO3.C6H7F3O3/c1-13(12-18(29)22(24,25)26)19(30)32-14(2)33-20(31)27(3)21(11-7-6-10-17(21)28)15-8-4-5-9-16(15)23;1-11(17)22-15(21)19(2)16(10-6-5-9-14(16)20)12-7-3-4-8-13(12)18;1-3(5(11)12)2-4(10)6(7,8)9/h4-5,8-9,13-14H,6-7,10-12H2,1-3H3;3-4,7-8,11H,5-6,9-10H2,1-2H3;3H,2H2,1H3,(H,11,12)/t13-,14?,21+;11?,16-;3-/m101/s1. The number of aliphatic carboxylic acids is 1. The number of benzene rings is 2. The number of carbonyl (C=O) groups is 8. The van der Waals surface area contributed by atoms with Crippen molar-refractivity contribution < 1.29 is 84.0 Å². The van der Waals surface area contributed by atoms with Gasteiger partial charge in [0.15, 0.2) is 17.1 Å². The molecule has 0 radical (unpaired) electrons. The lowest BCUT2D eigenvalue weighted by molar-refractivity contribution is -0.179. The average Bonchev–Trinajstić information content (AvgIpc) is 3.23. The molecule has 2 aromatic rings. The first-order valence-electron chi connectivity index (χ1n) is 20.7. The van der Waals surface area contributed by atoms with Crippen molar-refractivity contribution in [2.24, 2.45) is 11.8 Å². The molecule has 0 aliphatic heterocycles. The third-order valence-electron chi connectivity index (χ3n) is 10.9. The van der Waals surface area contributed by atoms with Gasteiger partial charge in [0.05, 0.1) is 11.8 Å². The molecular weight excluding hydrogens is 969 g/mol. The molecule has 4 rings (SSSR count). The van der Waals surface area contributed by atoms with Crippen molar-refractivity contribution in [2.45, 2.75) is 127 Å². The van der Waals surface area contributed by atoms with Gasteiger partial charge in [-0.15, -0.1) is 0 Å². The molecule has 372 valence electrons. The zero-order valence-electron chi connectivity index (χ0n) is 37.2. The number of esters is 1. The first kappa shape index (κ1) is 58.2. The average molecular weight is 1020 g/mol. The van der Waals surface area contributed by atoms with E-state index >= 15 is 0 Å². The Bertz CT molecular complexity index is 2120. The van der Waals surface area contributed by atoms with Crippen molar-refractivity contribution in [1.82, 2.24) is 9.80 Å². The Morgan fingerprint density at radius 1 is 0.642 bits per heavy atom. The van der Waals surface area contributed by atoms with E-state index < -0.39 is 95.7 Å². The number of carboxylic acid groups (broad SMARTS) is 1. The highest BCUT2D eigenvalue weighted by molar-refractivity contribution is 6.32. The van der Waals surface area contributed by atoms with Crippen molar-refractivity contribution in [3.05, 3.63) is 69.7 Å². The van der Waals surface area contributed by atoms with E-state index in [1.165, 1.54) is 18.9 Å². The van der Waals surface area contributed by atoms with Gasteiger partial charge in [-0.1, -0.05) is 85.0 Å². The van der Waals surface area contributed by atoms with Crippen LogP contribution in [0.3, 0.4) is 0 Å². The molecule has 2 amide bonds. The quantitative estimate of drug-likeness (QED) is 0.0866. The number of ether oxygens (including phenoxy) is 3. The minimum Gasteiger partial charge on any atom is -0.481 e. The minimum atomic E-state index is -5.06. The predicted molar refractivity (Wildman–Crippen MR) is 230 cm³/mol. The Hall–Kier alpha value is -4.95. The smallest absolute Gasteiger partial charge is 0.449 e. The van der Waals surface area contributed by atoms with Crippen LogP contribution in [0.5, 0.6) is 0 Å². The van der Waals surface area contributed by atoms with E-state index in [9.17, 15) is 64.7 Å². The van der Waals surface area contributed by atoms with Crippen LogP contribution < -0.4 is 0 Å². The molecule has 2 aromatic carbocycles. The number of carbonyl (C=O) groups excluding carboxylic acids is 7. The first-order chi connectivity index (χ1) is 30.9. The molecule has 0 bridgehead atoms. The molecule has 2 aliphatic carbocycles. The molecule has 2 saturated carbocycles. The van der Waals surface area contributed by atoms with Gasteiger partial charge in [0.25, 0.3) is 0 Å². The number of likely N-dealkylation sites (N-methyl/N-ethyl adjacent to an activating group) is 2. The minimum absolute atomic E-state index is 0.0199. The van der Waals surface area contributed by atoms with E-state index in [1.807, 2.05) is 6.07 Å². The second-order valence-electron chi connectivity index (χ2n) is 15.8. The fraction of sp³-hybridized carbons (Fsp3) is 0.545. The van der Waals surface area contributed by atoms with Crippen molar-refractivity contribution >= 4 is 82.1 Å². The number of carboxylic acids is 1. The van der Waals surface area contributed by atoms with Crippen LogP contribution in [-0.2, 0) is 54.1 Å². The zero-order valence-corrected chi connectivity index (χ0v) is 39.5. The summed E-state index contributed by atoms with van der Waals surface area (Å²) in [5, 5.41) is 8.95. The van der Waals surface area contributed by atoms with E-state index in [-0.39, 0.29) is 18.0 Å². The molecule has 23 heteroatoms. The second kappa shape index (κ2) is 24.9. The van der Waals surface area contributed by atoms with Crippen molar-refractivity contribution in [3.8, 4) is 0 Å². The maximum atomic E-state index is 13.0. The van der Waals surface area contributed by atoms with Crippen molar-refractivity contribution in [3.63, 3.8) is 0 Å². The summed E-state index contributed by atoms with van der Waals surface area (Å²) >= 11 is 18.4. The molecule has 1 N–H and O–H groups in total. The Kier molecular flexibility index (Phi) is 21.6. The maximum absolute atomic E-state index is 13.0. The predicted octanol–water partition coefficient (Wildman–Crippen LogP) is 10.4. The van der Waals surface area contributed by atoms with Crippen LogP contribution >= 0.6 is 34.8 Å². The van der Waals surface area contributed by atoms with Gasteiger partial charge in [-0.2, -0.15) is 26.3 Å². The summed E-state index contributed by atoms with van der Waals surface area (Å²) in [5.74, 6) is -9.53. The molecule has 2 fully saturated rings. The number of nitrogens with zero attached hydrogens (tertiary/aromatic N) is 2. The molecule has 67 heavy (non-hydrogen) atoms. The number of ketones is 4. The lowest BCUT2D eigenvalue weighted by Gasteiger charge is -2.43. The number of Topliss-reactive ketones (excluding diaryl/α,β-unsaturated/α-hetero) is 4. The fourth-order valence-electron chi connectivity index (χ4n) is 7.27. The number of halogens is 9. The van der Waals surface area contributed by atoms with E-state index in [0.29, 0.717) is 53.3 Å². The summed E-state index contributed by atoms with van der Waals surface area (Å²) in [6, 6.07) is 13.8. The van der Waals surface area contributed by atoms with Gasteiger partial charge < -0.3 is 19.3 Å². The highest BCUT2D eigenvalue weighted by Crippen LogP contribution is 2.44. The Morgan fingerprint density at radius 2 is 1.01 bits per heavy atom.